The highest BCUT2D eigenvalue weighted by Crippen LogP contribution is 2.25. The molecule has 3 aromatic rings. The van der Waals surface area contributed by atoms with E-state index in [1.54, 1.807) is 22.7 Å². The Kier molecular flexibility index (Phi) is 3.64. The molecular weight excluding hydrogens is 272 g/mol. The van der Waals surface area contributed by atoms with E-state index in [1.807, 2.05) is 6.20 Å². The van der Waals surface area contributed by atoms with Gasteiger partial charge in [-0.25, -0.2) is 0 Å². The Balaban J connectivity index is 1.77. The molecule has 0 radical (unpaired) electrons. The van der Waals surface area contributed by atoms with Crippen LogP contribution in [0.1, 0.15) is 36.4 Å². The van der Waals surface area contributed by atoms with E-state index in [9.17, 15) is 0 Å². The summed E-state index contributed by atoms with van der Waals surface area (Å²) in [5.74, 6) is 0. The van der Waals surface area contributed by atoms with Crippen LogP contribution in [0.25, 0.3) is 10.2 Å². The maximum Gasteiger partial charge on any atom is 0.0809 e. The van der Waals surface area contributed by atoms with Gasteiger partial charge in [0.1, 0.15) is 0 Å². The number of nitrogens with zero attached hydrogens (tertiary/aromatic N) is 1. The maximum absolute atomic E-state index is 4.51. The summed E-state index contributed by atoms with van der Waals surface area (Å²) in [6.45, 7) is 4.40. The van der Waals surface area contributed by atoms with Crippen molar-refractivity contribution in [3.63, 3.8) is 0 Å². The summed E-state index contributed by atoms with van der Waals surface area (Å²) < 4.78 is 1.26. The van der Waals surface area contributed by atoms with Gasteiger partial charge >= 0.3 is 0 Å². The lowest BCUT2D eigenvalue weighted by Crippen LogP contribution is -2.21. The predicted molar refractivity (Wildman–Crippen MR) is 83.9 cm³/mol. The predicted octanol–water partition coefficient (Wildman–Crippen LogP) is 4.77. The van der Waals surface area contributed by atoms with E-state index in [2.05, 4.69) is 59.2 Å². The quantitative estimate of drug-likeness (QED) is 0.748. The van der Waals surface area contributed by atoms with Crippen molar-refractivity contribution in [2.45, 2.75) is 25.9 Å². The molecule has 3 aromatic heterocycles. The molecule has 0 spiro atoms. The average molecular weight is 288 g/mol. The van der Waals surface area contributed by atoms with Gasteiger partial charge in [0.2, 0.25) is 0 Å². The lowest BCUT2D eigenvalue weighted by atomic mass is 10.1. The first-order valence-corrected chi connectivity index (χ1v) is 8.12. The molecule has 0 bridgehead atoms. The molecule has 4 heteroatoms. The minimum Gasteiger partial charge on any atom is -0.303 e. The van der Waals surface area contributed by atoms with Crippen molar-refractivity contribution in [2.24, 2.45) is 0 Å². The molecule has 0 amide bonds. The fourth-order valence-corrected chi connectivity index (χ4v) is 3.72. The summed E-state index contributed by atoms with van der Waals surface area (Å²) in [6.07, 6.45) is 1.98. The van der Waals surface area contributed by atoms with Gasteiger partial charge in [-0.1, -0.05) is 6.07 Å². The van der Waals surface area contributed by atoms with E-state index in [1.165, 1.54) is 15.1 Å². The van der Waals surface area contributed by atoms with Gasteiger partial charge in [0, 0.05) is 23.2 Å². The third-order valence-corrected chi connectivity index (χ3v) is 5.20. The molecule has 2 unspecified atom stereocenters. The average Bonchev–Trinajstić information content (AvgIpc) is 3.09. The van der Waals surface area contributed by atoms with Gasteiger partial charge in [-0.15, -0.1) is 22.7 Å². The van der Waals surface area contributed by atoms with E-state index in [0.29, 0.717) is 12.1 Å². The van der Waals surface area contributed by atoms with Gasteiger partial charge in [-0.2, -0.15) is 0 Å². The second-order valence-electron chi connectivity index (χ2n) is 4.70. The molecule has 0 fully saturated rings. The van der Waals surface area contributed by atoms with Crippen LogP contribution in [-0.2, 0) is 0 Å². The third-order valence-electron chi connectivity index (χ3n) is 3.29. The van der Waals surface area contributed by atoms with E-state index < -0.39 is 0 Å². The van der Waals surface area contributed by atoms with Crippen LogP contribution in [0.15, 0.2) is 41.2 Å². The van der Waals surface area contributed by atoms with Gasteiger partial charge in [-0.05, 0) is 48.4 Å². The van der Waals surface area contributed by atoms with Gasteiger partial charge in [0.25, 0.3) is 0 Å². The molecule has 2 atom stereocenters. The highest BCUT2D eigenvalue weighted by Gasteiger charge is 2.12. The van der Waals surface area contributed by atoms with Crippen LogP contribution in [0.3, 0.4) is 0 Å². The van der Waals surface area contributed by atoms with Crippen molar-refractivity contribution in [3.8, 4) is 0 Å². The minimum atomic E-state index is 0.302. The molecule has 0 saturated heterocycles. The Morgan fingerprint density at radius 3 is 2.79 bits per heavy atom. The smallest absolute Gasteiger partial charge is 0.0809 e. The van der Waals surface area contributed by atoms with E-state index in [0.717, 1.165) is 5.52 Å². The van der Waals surface area contributed by atoms with Crippen LogP contribution in [0, 0.1) is 0 Å². The van der Waals surface area contributed by atoms with Crippen molar-refractivity contribution < 1.29 is 0 Å². The highest BCUT2D eigenvalue weighted by atomic mass is 32.1. The second kappa shape index (κ2) is 5.41. The van der Waals surface area contributed by atoms with Gasteiger partial charge in [-0.3, -0.25) is 4.98 Å². The largest absolute Gasteiger partial charge is 0.303 e. The fourth-order valence-electron chi connectivity index (χ4n) is 2.19. The number of thiophene rings is 2. The van der Waals surface area contributed by atoms with E-state index >= 15 is 0 Å². The third kappa shape index (κ3) is 2.71. The number of rotatable bonds is 4. The van der Waals surface area contributed by atoms with Crippen LogP contribution < -0.4 is 5.32 Å². The second-order valence-corrected chi connectivity index (χ2v) is 6.63. The fraction of sp³-hybridized carbons (Fsp3) is 0.267. The summed E-state index contributed by atoms with van der Waals surface area (Å²) >= 11 is 3.54. The zero-order valence-corrected chi connectivity index (χ0v) is 12.6. The van der Waals surface area contributed by atoms with Crippen LogP contribution in [-0.4, -0.2) is 4.98 Å². The topological polar surface area (TPSA) is 24.9 Å². The van der Waals surface area contributed by atoms with Crippen molar-refractivity contribution in [1.82, 2.24) is 10.3 Å². The normalized spacial score (nSPS) is 14.6. The molecule has 3 heterocycles. The first kappa shape index (κ1) is 12.8. The molecule has 0 aliphatic heterocycles. The monoisotopic (exact) mass is 288 g/mol. The van der Waals surface area contributed by atoms with Crippen LogP contribution in [0.5, 0.6) is 0 Å². The molecule has 0 aliphatic rings. The van der Waals surface area contributed by atoms with Gasteiger partial charge in [0.15, 0.2) is 0 Å². The number of hydrogen-bond acceptors (Lipinski definition) is 4. The lowest BCUT2D eigenvalue weighted by molar-refractivity contribution is 0.499. The van der Waals surface area contributed by atoms with Crippen molar-refractivity contribution in [3.05, 3.63) is 51.7 Å². The summed E-state index contributed by atoms with van der Waals surface area (Å²) in [5.41, 5.74) is 2.34. The number of pyridine rings is 1. The lowest BCUT2D eigenvalue weighted by Gasteiger charge is -2.19. The van der Waals surface area contributed by atoms with E-state index in [4.69, 9.17) is 0 Å². The molecule has 2 nitrogen and oxygen atoms in total. The number of hydrogen-bond donors (Lipinski definition) is 1. The first-order chi connectivity index (χ1) is 9.24. The minimum absolute atomic E-state index is 0.302. The Bertz CT molecular complexity index is 658. The summed E-state index contributed by atoms with van der Waals surface area (Å²) in [6, 6.07) is 9.25. The zero-order valence-electron chi connectivity index (χ0n) is 11.0. The summed E-state index contributed by atoms with van der Waals surface area (Å²) in [7, 11) is 0. The summed E-state index contributed by atoms with van der Waals surface area (Å²) in [4.78, 5) is 5.88. The van der Waals surface area contributed by atoms with Gasteiger partial charge < -0.3 is 5.32 Å². The molecule has 19 heavy (non-hydrogen) atoms. The molecular formula is C15H16N2S2. The Labute approximate surface area is 121 Å². The zero-order chi connectivity index (χ0) is 13.2. The van der Waals surface area contributed by atoms with Crippen molar-refractivity contribution >= 4 is 32.9 Å². The van der Waals surface area contributed by atoms with Crippen LogP contribution >= 0.6 is 22.7 Å². The molecule has 0 saturated carbocycles. The number of fused-ring (bicyclic) bond motifs is 1. The van der Waals surface area contributed by atoms with Gasteiger partial charge in [0.05, 0.1) is 10.2 Å². The highest BCUT2D eigenvalue weighted by molar-refractivity contribution is 7.17. The SMILES string of the molecule is CC(NC(C)c1cccs1)c1cnc2ccsc2c1. The molecule has 0 aliphatic carbocycles. The van der Waals surface area contributed by atoms with Crippen LogP contribution in [0.4, 0.5) is 0 Å². The van der Waals surface area contributed by atoms with Crippen LogP contribution in [0.2, 0.25) is 0 Å². The summed E-state index contributed by atoms with van der Waals surface area (Å²) in [5, 5.41) is 7.84. The molecule has 0 aromatic carbocycles. The Morgan fingerprint density at radius 2 is 2.00 bits per heavy atom. The maximum atomic E-state index is 4.51. The number of nitrogens with one attached hydrogen (secondary N) is 1. The standard InChI is InChI=1S/C15H16N2S2/c1-10(17-11(2)14-4-3-6-18-14)12-8-15-13(16-9-12)5-7-19-15/h3-11,17H,1-2H3. The number of aromatic nitrogens is 1. The van der Waals surface area contributed by atoms with Crippen molar-refractivity contribution in [2.75, 3.05) is 0 Å². The molecule has 3 rings (SSSR count). The Hall–Kier alpha value is -1.23. The van der Waals surface area contributed by atoms with E-state index in [-0.39, 0.29) is 0 Å². The molecule has 1 N–H and O–H groups in total. The first-order valence-electron chi connectivity index (χ1n) is 6.36. The Morgan fingerprint density at radius 1 is 1.11 bits per heavy atom. The van der Waals surface area contributed by atoms with Crippen molar-refractivity contribution in [1.29, 1.82) is 0 Å². The molecule has 98 valence electrons.